The molecule has 8 aromatic carbocycles. The molecule has 0 atom stereocenters. The highest BCUT2D eigenvalue weighted by Gasteiger charge is 2.22. The molecular weight excluding hydrogens is 659 g/mol. The molecular formula is C49H31N5. The molecule has 54 heavy (non-hydrogen) atoms. The molecule has 11 aromatic rings. The maximum Gasteiger partial charge on any atom is 0.164 e. The van der Waals surface area contributed by atoms with E-state index in [0.29, 0.717) is 17.5 Å². The van der Waals surface area contributed by atoms with Crippen molar-refractivity contribution >= 4 is 54.4 Å². The van der Waals surface area contributed by atoms with E-state index in [1.165, 1.54) is 32.6 Å². The van der Waals surface area contributed by atoms with Crippen molar-refractivity contribution in [3.8, 4) is 45.5 Å². The summed E-state index contributed by atoms with van der Waals surface area (Å²) in [5.74, 6) is 1.91. The largest absolute Gasteiger partial charge is 0.309 e. The lowest BCUT2D eigenvalue weighted by Crippen LogP contribution is -2.02. The van der Waals surface area contributed by atoms with Gasteiger partial charge in [0.2, 0.25) is 0 Å². The van der Waals surface area contributed by atoms with Crippen LogP contribution in [-0.4, -0.2) is 24.1 Å². The molecule has 11 rings (SSSR count). The van der Waals surface area contributed by atoms with Gasteiger partial charge in [-0.25, -0.2) is 15.0 Å². The van der Waals surface area contributed by atoms with E-state index in [1.807, 2.05) is 36.4 Å². The predicted octanol–water partition coefficient (Wildman–Crippen LogP) is 12.2. The van der Waals surface area contributed by atoms with Gasteiger partial charge in [0.1, 0.15) is 0 Å². The minimum absolute atomic E-state index is 0.633. The Morgan fingerprint density at radius 1 is 0.333 bits per heavy atom. The van der Waals surface area contributed by atoms with Crippen molar-refractivity contribution in [3.05, 3.63) is 188 Å². The summed E-state index contributed by atoms with van der Waals surface area (Å²) in [4.78, 5) is 15.3. The third-order valence-electron chi connectivity index (χ3n) is 10.5. The molecule has 0 aliphatic carbocycles. The monoisotopic (exact) mass is 689 g/mol. The Bertz CT molecular complexity index is 3140. The quantitative estimate of drug-likeness (QED) is 0.181. The van der Waals surface area contributed by atoms with E-state index in [9.17, 15) is 0 Å². The van der Waals surface area contributed by atoms with Crippen LogP contribution >= 0.6 is 0 Å². The zero-order valence-corrected chi connectivity index (χ0v) is 29.1. The van der Waals surface area contributed by atoms with Crippen molar-refractivity contribution in [2.75, 3.05) is 0 Å². The Hall–Kier alpha value is -7.37. The maximum atomic E-state index is 5.17. The molecule has 5 nitrogen and oxygen atoms in total. The van der Waals surface area contributed by atoms with Crippen molar-refractivity contribution in [2.24, 2.45) is 0 Å². The standard InChI is InChI=1S/C49H31N5/c1-4-16-32(17-5-1)47-50-48(33-18-6-2-7-19-33)52-49(51-47)41-31-36(30-34-20-10-11-23-37(34)41)53-43-27-15-13-25-40(43)45-44(53)29-28-39-38-24-12-14-26-42(38)54(46(39)45)35-21-8-3-9-22-35/h1-31H. The van der Waals surface area contributed by atoms with Gasteiger partial charge in [-0.15, -0.1) is 0 Å². The lowest BCUT2D eigenvalue weighted by molar-refractivity contribution is 1.07. The van der Waals surface area contributed by atoms with Gasteiger partial charge in [0.05, 0.1) is 22.1 Å². The Morgan fingerprint density at radius 2 is 0.870 bits per heavy atom. The van der Waals surface area contributed by atoms with Crippen molar-refractivity contribution in [3.63, 3.8) is 0 Å². The third-order valence-corrected chi connectivity index (χ3v) is 10.5. The lowest BCUT2D eigenvalue weighted by atomic mass is 10.0. The minimum atomic E-state index is 0.633. The van der Waals surface area contributed by atoms with E-state index < -0.39 is 0 Å². The van der Waals surface area contributed by atoms with Crippen molar-refractivity contribution in [1.29, 1.82) is 0 Å². The average molecular weight is 690 g/mol. The molecule has 5 heteroatoms. The van der Waals surface area contributed by atoms with E-state index in [2.05, 4.69) is 161 Å². The predicted molar refractivity (Wildman–Crippen MR) is 222 cm³/mol. The van der Waals surface area contributed by atoms with Gasteiger partial charge in [-0.2, -0.15) is 0 Å². The van der Waals surface area contributed by atoms with Gasteiger partial charge >= 0.3 is 0 Å². The molecule has 3 aromatic heterocycles. The Balaban J connectivity index is 1.23. The fraction of sp³-hybridized carbons (Fsp3) is 0. The van der Waals surface area contributed by atoms with Crippen molar-refractivity contribution in [1.82, 2.24) is 24.1 Å². The van der Waals surface area contributed by atoms with Crippen LogP contribution in [-0.2, 0) is 0 Å². The first-order chi connectivity index (χ1) is 26.8. The van der Waals surface area contributed by atoms with Gasteiger partial charge < -0.3 is 9.13 Å². The van der Waals surface area contributed by atoms with Crippen LogP contribution in [0.25, 0.3) is 99.9 Å². The molecule has 0 radical (unpaired) electrons. The van der Waals surface area contributed by atoms with Crippen LogP contribution in [0.15, 0.2) is 188 Å². The minimum Gasteiger partial charge on any atom is -0.309 e. The molecule has 0 saturated heterocycles. The Morgan fingerprint density at radius 3 is 1.56 bits per heavy atom. The summed E-state index contributed by atoms with van der Waals surface area (Å²) in [5.41, 5.74) is 9.68. The summed E-state index contributed by atoms with van der Waals surface area (Å²) < 4.78 is 4.83. The van der Waals surface area contributed by atoms with Crippen molar-refractivity contribution < 1.29 is 0 Å². The third kappa shape index (κ3) is 4.69. The number of nitrogens with zero attached hydrogens (tertiary/aromatic N) is 5. The molecule has 0 saturated carbocycles. The normalized spacial score (nSPS) is 11.7. The number of hydrogen-bond donors (Lipinski definition) is 0. The van der Waals surface area contributed by atoms with Crippen LogP contribution in [0, 0.1) is 0 Å². The number of fused-ring (bicyclic) bond motifs is 8. The Labute approximate surface area is 311 Å². The molecule has 0 unspecified atom stereocenters. The van der Waals surface area contributed by atoms with Crippen LogP contribution in [0.1, 0.15) is 0 Å². The smallest absolute Gasteiger partial charge is 0.164 e. The van der Waals surface area contributed by atoms with Gasteiger partial charge in [-0.05, 0) is 53.2 Å². The molecule has 0 N–H and O–H groups in total. The summed E-state index contributed by atoms with van der Waals surface area (Å²) in [5, 5.41) is 7.08. The molecule has 0 aliphatic heterocycles. The molecule has 0 fully saturated rings. The van der Waals surface area contributed by atoms with Gasteiger partial charge in [0.15, 0.2) is 17.5 Å². The van der Waals surface area contributed by atoms with E-state index in [1.54, 1.807) is 0 Å². The fourth-order valence-electron chi connectivity index (χ4n) is 8.17. The molecule has 0 spiro atoms. The zero-order valence-electron chi connectivity index (χ0n) is 29.1. The summed E-state index contributed by atoms with van der Waals surface area (Å²) in [6, 6.07) is 66.2. The molecule has 252 valence electrons. The highest BCUT2D eigenvalue weighted by molar-refractivity contribution is 6.26. The van der Waals surface area contributed by atoms with Crippen LogP contribution in [0.2, 0.25) is 0 Å². The van der Waals surface area contributed by atoms with Gasteiger partial charge in [0, 0.05) is 49.6 Å². The summed E-state index contributed by atoms with van der Waals surface area (Å²) >= 11 is 0. The second kappa shape index (κ2) is 12.1. The van der Waals surface area contributed by atoms with Crippen LogP contribution in [0.3, 0.4) is 0 Å². The highest BCUT2D eigenvalue weighted by atomic mass is 15.0. The number of hydrogen-bond acceptors (Lipinski definition) is 3. The summed E-state index contributed by atoms with van der Waals surface area (Å²) in [7, 11) is 0. The highest BCUT2D eigenvalue weighted by Crippen LogP contribution is 2.43. The van der Waals surface area contributed by atoms with Gasteiger partial charge in [-0.3, -0.25) is 0 Å². The van der Waals surface area contributed by atoms with E-state index in [4.69, 9.17) is 15.0 Å². The van der Waals surface area contributed by atoms with Crippen LogP contribution in [0.4, 0.5) is 0 Å². The number of aromatic nitrogens is 5. The first-order valence-electron chi connectivity index (χ1n) is 18.2. The first kappa shape index (κ1) is 30.3. The SMILES string of the molecule is c1ccc(-c2nc(-c3ccccc3)nc(-c3cc(-n4c5ccccc5c5c4ccc4c6ccccc6n(-c6ccccc6)c45)cc4ccccc34)n2)cc1. The second-order valence-corrected chi connectivity index (χ2v) is 13.6. The van der Waals surface area contributed by atoms with Crippen LogP contribution < -0.4 is 0 Å². The van der Waals surface area contributed by atoms with Crippen molar-refractivity contribution in [2.45, 2.75) is 0 Å². The topological polar surface area (TPSA) is 48.5 Å². The maximum absolute atomic E-state index is 5.17. The lowest BCUT2D eigenvalue weighted by Gasteiger charge is -2.14. The number of rotatable bonds is 5. The summed E-state index contributed by atoms with van der Waals surface area (Å²) in [6.45, 7) is 0. The van der Waals surface area contributed by atoms with E-state index >= 15 is 0 Å². The molecule has 0 bridgehead atoms. The Kier molecular flexibility index (Phi) is 6.79. The number of benzene rings is 8. The van der Waals surface area contributed by atoms with Crippen LogP contribution in [0.5, 0.6) is 0 Å². The van der Waals surface area contributed by atoms with Gasteiger partial charge in [0.25, 0.3) is 0 Å². The van der Waals surface area contributed by atoms with E-state index in [0.717, 1.165) is 49.9 Å². The molecule has 3 heterocycles. The zero-order chi connectivity index (χ0) is 35.6. The molecule has 0 amide bonds. The fourth-order valence-corrected chi connectivity index (χ4v) is 8.17. The van der Waals surface area contributed by atoms with E-state index in [-0.39, 0.29) is 0 Å². The second-order valence-electron chi connectivity index (χ2n) is 13.6. The average Bonchev–Trinajstić information content (AvgIpc) is 3.77. The molecule has 0 aliphatic rings. The number of para-hydroxylation sites is 3. The summed E-state index contributed by atoms with van der Waals surface area (Å²) in [6.07, 6.45) is 0. The first-order valence-corrected chi connectivity index (χ1v) is 18.2. The van der Waals surface area contributed by atoms with Gasteiger partial charge in [-0.1, -0.05) is 146 Å².